The highest BCUT2D eigenvalue weighted by molar-refractivity contribution is 7.89. The fraction of sp³-hybridized carbons (Fsp3) is 0.441. The number of fused-ring (bicyclic) bond motifs is 5. The Morgan fingerprint density at radius 1 is 1.14 bits per heavy atom. The molecule has 7 rings (SSSR count). The second-order valence-electron chi connectivity index (χ2n) is 14.4. The maximum Gasteiger partial charge on any atom is 0.410 e. The van der Waals surface area contributed by atoms with Crippen LogP contribution in [0.2, 0.25) is 0 Å². The van der Waals surface area contributed by atoms with Crippen LogP contribution < -0.4 is 10.1 Å². The molecule has 1 saturated heterocycles. The molecule has 50 heavy (non-hydrogen) atoms. The lowest BCUT2D eigenvalue weighted by Crippen LogP contribution is -2.60. The van der Waals surface area contributed by atoms with Crippen LogP contribution in [-0.2, 0) is 26.1 Å². The minimum Gasteiger partial charge on any atom is -0.454 e. The monoisotopic (exact) mass is 707 g/mol. The Balaban J connectivity index is 1.21. The smallest absolute Gasteiger partial charge is 0.410 e. The zero-order chi connectivity index (χ0) is 36.1. The third-order valence-electron chi connectivity index (χ3n) is 9.90. The number of carbonyl (C=O) groups excluding carboxylic acids is 3. The maximum atomic E-state index is 14.4. The molecule has 15 nitrogen and oxygen atoms in total. The lowest BCUT2D eigenvalue weighted by atomic mass is 9.82. The van der Waals surface area contributed by atoms with Gasteiger partial charge < -0.3 is 29.8 Å². The summed E-state index contributed by atoms with van der Waals surface area (Å²) in [6.07, 6.45) is 0.392. The number of nitro benzene ring substituents is 1. The van der Waals surface area contributed by atoms with Gasteiger partial charge in [0.2, 0.25) is 11.3 Å². The molecular formula is C34H37N5O10S. The zero-order valence-corrected chi connectivity index (χ0v) is 28.9. The van der Waals surface area contributed by atoms with Gasteiger partial charge in [0, 0.05) is 43.4 Å². The lowest BCUT2D eigenvalue weighted by Gasteiger charge is -2.34. The van der Waals surface area contributed by atoms with Crippen LogP contribution in [0.15, 0.2) is 47.5 Å². The number of piperazine rings is 1. The molecule has 0 spiro atoms. The predicted molar refractivity (Wildman–Crippen MR) is 176 cm³/mol. The molecule has 3 heterocycles. The number of hydrogen-bond donors (Lipinski definition) is 3. The number of ether oxygens (including phenoxy) is 2. The molecule has 4 aliphatic rings. The normalized spacial score (nSPS) is 25.7. The van der Waals surface area contributed by atoms with Crippen molar-refractivity contribution in [3.05, 3.63) is 86.1 Å². The first-order valence-electron chi connectivity index (χ1n) is 16.3. The Hall–Kier alpha value is -4.80. The van der Waals surface area contributed by atoms with E-state index in [0.29, 0.717) is 5.92 Å². The number of aromatic nitrogens is 1. The third-order valence-corrected chi connectivity index (χ3v) is 11.7. The number of nitro groups is 1. The first-order valence-corrected chi connectivity index (χ1v) is 17.7. The first-order chi connectivity index (χ1) is 23.4. The van der Waals surface area contributed by atoms with Gasteiger partial charge in [-0.25, -0.2) is 13.2 Å². The minimum atomic E-state index is -4.17. The molecule has 3 aromatic rings. The Bertz CT molecular complexity index is 2100. The SMILES string of the molecule is Cc1cc(S(=O)(=O)N2CCN(C(=O)OC(C)(C)C)CC2)[nH]c1C(=O)NC12C(=O)c3cccc([N+](=O)[O-])c3C1(O)Oc1cc(C3C[C@@H]3C)ccc12. The summed E-state index contributed by atoms with van der Waals surface area (Å²) >= 11 is 0. The number of nitrogens with zero attached hydrogens (tertiary/aromatic N) is 3. The van der Waals surface area contributed by atoms with E-state index in [1.54, 1.807) is 39.0 Å². The lowest BCUT2D eigenvalue weighted by molar-refractivity contribution is -0.388. The molecule has 2 aromatic carbocycles. The Morgan fingerprint density at radius 3 is 2.44 bits per heavy atom. The standard InChI is InChI=1S/C34H37N5O10S/c1-18-15-22(18)20-9-10-23-25(17-20)48-34(43)27-21(7-6-8-24(27)39(44)45)29(40)33(23,34)36-30(41)28-19(2)16-26(35-28)50(46,47)38-13-11-37(12-14-38)31(42)49-32(3,4)5/h6-10,16-18,22,35,43H,11-15H2,1-5H3,(H,36,41)/t18-,22?,33?,34?/m0/s1. The molecule has 264 valence electrons. The fourth-order valence-corrected chi connectivity index (χ4v) is 8.72. The molecule has 16 heteroatoms. The highest BCUT2D eigenvalue weighted by Crippen LogP contribution is 2.61. The van der Waals surface area contributed by atoms with Crippen molar-refractivity contribution in [2.45, 2.75) is 68.9 Å². The van der Waals surface area contributed by atoms with Gasteiger partial charge in [-0.05, 0) is 69.2 Å². The van der Waals surface area contributed by atoms with Crippen molar-refractivity contribution < 1.29 is 42.3 Å². The van der Waals surface area contributed by atoms with Gasteiger partial charge in [0.25, 0.3) is 27.4 Å². The van der Waals surface area contributed by atoms with Gasteiger partial charge in [0.05, 0.1) is 4.92 Å². The summed E-state index contributed by atoms with van der Waals surface area (Å²) in [4.78, 5) is 56.5. The summed E-state index contributed by atoms with van der Waals surface area (Å²) in [5, 5.41) is 26.8. The number of sulfonamides is 1. The molecular weight excluding hydrogens is 670 g/mol. The van der Waals surface area contributed by atoms with Crippen molar-refractivity contribution in [2.24, 2.45) is 5.92 Å². The summed E-state index contributed by atoms with van der Waals surface area (Å²) < 4.78 is 40.0. The summed E-state index contributed by atoms with van der Waals surface area (Å²) in [5.74, 6) is -3.71. The van der Waals surface area contributed by atoms with E-state index in [2.05, 4.69) is 17.2 Å². The van der Waals surface area contributed by atoms with E-state index in [4.69, 9.17) is 9.47 Å². The van der Waals surface area contributed by atoms with Gasteiger partial charge >= 0.3 is 6.09 Å². The number of carbonyl (C=O) groups is 3. The number of rotatable bonds is 6. The molecule has 2 aliphatic heterocycles. The molecule has 3 N–H and O–H groups in total. The average Bonchev–Trinajstić information content (AvgIpc) is 3.48. The van der Waals surface area contributed by atoms with Gasteiger partial charge in [-0.1, -0.05) is 31.2 Å². The number of amides is 2. The number of aromatic amines is 1. The van der Waals surface area contributed by atoms with Crippen molar-refractivity contribution in [1.29, 1.82) is 0 Å². The Kier molecular flexibility index (Phi) is 7.48. The van der Waals surface area contributed by atoms with Crippen LogP contribution in [0.3, 0.4) is 0 Å². The second kappa shape index (κ2) is 11.1. The number of aliphatic hydroxyl groups is 1. The van der Waals surface area contributed by atoms with Crippen LogP contribution >= 0.6 is 0 Å². The van der Waals surface area contributed by atoms with Crippen molar-refractivity contribution in [3.8, 4) is 5.75 Å². The highest BCUT2D eigenvalue weighted by atomic mass is 32.2. The van der Waals surface area contributed by atoms with Crippen LogP contribution in [0.5, 0.6) is 5.75 Å². The Labute approximate surface area is 287 Å². The predicted octanol–water partition coefficient (Wildman–Crippen LogP) is 3.66. The van der Waals surface area contributed by atoms with Crippen molar-refractivity contribution in [3.63, 3.8) is 0 Å². The average molecular weight is 708 g/mol. The van der Waals surface area contributed by atoms with E-state index in [9.17, 15) is 38.0 Å². The largest absolute Gasteiger partial charge is 0.454 e. The Morgan fingerprint density at radius 2 is 1.82 bits per heavy atom. The summed E-state index contributed by atoms with van der Waals surface area (Å²) in [6.45, 7) is 8.97. The maximum absolute atomic E-state index is 14.4. The van der Waals surface area contributed by atoms with Gasteiger partial charge in [-0.2, -0.15) is 4.31 Å². The quantitative estimate of drug-likeness (QED) is 0.251. The number of ketones is 1. The van der Waals surface area contributed by atoms with Crippen molar-refractivity contribution in [1.82, 2.24) is 19.5 Å². The van der Waals surface area contributed by atoms with E-state index < -0.39 is 55.3 Å². The van der Waals surface area contributed by atoms with Gasteiger partial charge in [-0.15, -0.1) is 0 Å². The number of benzene rings is 2. The zero-order valence-electron chi connectivity index (χ0n) is 28.1. The summed E-state index contributed by atoms with van der Waals surface area (Å²) in [5.41, 5.74) is -3.15. The van der Waals surface area contributed by atoms with Crippen LogP contribution in [0.4, 0.5) is 10.5 Å². The molecule has 3 unspecified atom stereocenters. The highest BCUT2D eigenvalue weighted by Gasteiger charge is 2.73. The van der Waals surface area contributed by atoms with Gasteiger partial charge in [0.1, 0.15) is 27.6 Å². The van der Waals surface area contributed by atoms with E-state index in [-0.39, 0.29) is 70.8 Å². The van der Waals surface area contributed by atoms with Gasteiger partial charge in [0.15, 0.2) is 0 Å². The molecule has 1 saturated carbocycles. The third kappa shape index (κ3) is 4.99. The van der Waals surface area contributed by atoms with Crippen LogP contribution in [0.1, 0.15) is 83.1 Å². The number of Topliss-reactive ketones (excluding diaryl/α,β-unsaturated/α-hetero) is 1. The van der Waals surface area contributed by atoms with Crippen LogP contribution in [-0.4, -0.2) is 82.2 Å². The minimum absolute atomic E-state index is 0.0153. The van der Waals surface area contributed by atoms with Crippen molar-refractivity contribution in [2.75, 3.05) is 26.2 Å². The number of H-pyrrole nitrogens is 1. The topological polar surface area (TPSA) is 201 Å². The molecule has 2 amide bonds. The summed E-state index contributed by atoms with van der Waals surface area (Å²) in [7, 11) is -4.17. The number of nitrogens with one attached hydrogen (secondary N) is 2. The van der Waals surface area contributed by atoms with E-state index >= 15 is 0 Å². The molecule has 0 bridgehead atoms. The molecule has 4 atom stereocenters. The van der Waals surface area contributed by atoms with Crippen LogP contribution in [0, 0.1) is 23.0 Å². The van der Waals surface area contributed by atoms with E-state index in [0.717, 1.165) is 18.1 Å². The number of aryl methyl sites for hydroxylation is 1. The fourth-order valence-electron chi connectivity index (χ4n) is 7.24. The second-order valence-corrected chi connectivity index (χ2v) is 16.3. The van der Waals surface area contributed by atoms with Gasteiger partial charge in [-0.3, -0.25) is 19.7 Å². The molecule has 2 fully saturated rings. The summed E-state index contributed by atoms with van der Waals surface area (Å²) in [6, 6.07) is 10.1. The molecule has 1 aromatic heterocycles. The van der Waals surface area contributed by atoms with E-state index in [1.807, 2.05) is 0 Å². The first kappa shape index (κ1) is 33.7. The van der Waals surface area contributed by atoms with Crippen LogP contribution in [0.25, 0.3) is 0 Å². The molecule has 0 radical (unpaired) electrons. The van der Waals surface area contributed by atoms with E-state index in [1.165, 1.54) is 34.3 Å². The number of hydrogen-bond acceptors (Lipinski definition) is 10. The molecule has 2 aliphatic carbocycles. The van der Waals surface area contributed by atoms with Crippen molar-refractivity contribution >= 4 is 33.5 Å².